The molecule has 1 aromatic heterocycles. The van der Waals surface area contributed by atoms with E-state index >= 15 is 0 Å². The molecule has 4 nitrogen and oxygen atoms in total. The molecule has 4 heteroatoms. The van der Waals surface area contributed by atoms with Crippen molar-refractivity contribution in [1.29, 1.82) is 0 Å². The first-order valence-corrected chi connectivity index (χ1v) is 5.67. The van der Waals surface area contributed by atoms with E-state index in [1.807, 2.05) is 6.07 Å². The van der Waals surface area contributed by atoms with Gasteiger partial charge < -0.3 is 4.42 Å². The fourth-order valence-electron chi connectivity index (χ4n) is 1.92. The minimum atomic E-state index is -0.785. The monoisotopic (exact) mass is 252 g/mol. The number of Topliss-reactive ketones (excluding diaryl/α,β-unsaturated/α-hetero) is 1. The number of benzene rings is 1. The summed E-state index contributed by atoms with van der Waals surface area (Å²) in [6.45, 7) is 0. The summed E-state index contributed by atoms with van der Waals surface area (Å²) < 4.78 is 5.43. The summed E-state index contributed by atoms with van der Waals surface area (Å²) in [6.07, 6.45) is 2.41. The van der Waals surface area contributed by atoms with Crippen molar-refractivity contribution in [2.24, 2.45) is 0 Å². The molecule has 0 unspecified atom stereocenters. The van der Waals surface area contributed by atoms with Gasteiger partial charge in [-0.05, 0) is 12.2 Å². The molecule has 1 aromatic carbocycles. The number of carbonyl (C=O) groups excluding carboxylic acids is 2. The highest BCUT2D eigenvalue weighted by atomic mass is 16.3. The van der Waals surface area contributed by atoms with Crippen LogP contribution in [-0.4, -0.2) is 11.6 Å². The topological polar surface area (TPSA) is 64.3 Å². The van der Waals surface area contributed by atoms with Gasteiger partial charge in [-0.25, -0.2) is 0 Å². The number of hydrogen-bond donors (Lipinski definition) is 0. The number of ketones is 2. The average Bonchev–Trinajstić information content (AvgIpc) is 2.44. The molecule has 0 radical (unpaired) electrons. The smallest absolute Gasteiger partial charge is 0.268 e. The summed E-state index contributed by atoms with van der Waals surface area (Å²) in [5.74, 6) is -1.37. The van der Waals surface area contributed by atoms with Crippen molar-refractivity contribution >= 4 is 17.6 Å². The van der Waals surface area contributed by atoms with Crippen molar-refractivity contribution in [3.05, 3.63) is 64.0 Å². The van der Waals surface area contributed by atoms with Crippen LogP contribution in [0.4, 0.5) is 0 Å². The third kappa shape index (κ3) is 1.83. The van der Waals surface area contributed by atoms with Crippen LogP contribution >= 0.6 is 0 Å². The van der Waals surface area contributed by atoms with Gasteiger partial charge >= 0.3 is 0 Å². The summed E-state index contributed by atoms with van der Waals surface area (Å²) in [4.78, 5) is 35.0. The molecule has 1 aliphatic carbocycles. The number of rotatable bonds is 1. The van der Waals surface area contributed by atoms with Crippen LogP contribution in [-0.2, 0) is 4.79 Å². The van der Waals surface area contributed by atoms with E-state index in [2.05, 4.69) is 0 Å². The molecule has 0 atom stereocenters. The summed E-state index contributed by atoms with van der Waals surface area (Å²) in [7, 11) is 0. The lowest BCUT2D eigenvalue weighted by Crippen LogP contribution is -2.21. The molecule has 0 bridgehead atoms. The maximum Gasteiger partial charge on any atom is 0.268 e. The summed E-state index contributed by atoms with van der Waals surface area (Å²) >= 11 is 0. The summed E-state index contributed by atoms with van der Waals surface area (Å²) in [5, 5.41) is 0. The van der Waals surface area contributed by atoms with E-state index < -0.39 is 11.6 Å². The Kier molecular flexibility index (Phi) is 2.49. The van der Waals surface area contributed by atoms with Crippen LogP contribution in [0, 0.1) is 0 Å². The highest BCUT2D eigenvalue weighted by molar-refractivity contribution is 6.49. The lowest BCUT2D eigenvalue weighted by molar-refractivity contribution is -0.111. The molecule has 0 spiro atoms. The zero-order valence-corrected chi connectivity index (χ0v) is 9.75. The average molecular weight is 252 g/mol. The Morgan fingerprint density at radius 1 is 0.895 bits per heavy atom. The largest absolute Gasteiger partial charge is 0.452 e. The fourth-order valence-corrected chi connectivity index (χ4v) is 1.92. The molecule has 0 aliphatic heterocycles. The zero-order valence-electron chi connectivity index (χ0n) is 9.75. The van der Waals surface area contributed by atoms with Gasteiger partial charge in [0.25, 0.3) is 5.78 Å². The molecule has 3 rings (SSSR count). The quantitative estimate of drug-likeness (QED) is 0.729. The van der Waals surface area contributed by atoms with Crippen LogP contribution in [0.25, 0.3) is 17.4 Å². The Labute approximate surface area is 108 Å². The molecule has 0 N–H and O–H groups in total. The van der Waals surface area contributed by atoms with E-state index in [1.54, 1.807) is 24.3 Å². The van der Waals surface area contributed by atoms with Crippen molar-refractivity contribution in [2.75, 3.05) is 0 Å². The van der Waals surface area contributed by atoms with Gasteiger partial charge in [0.15, 0.2) is 11.2 Å². The molecule has 1 aliphatic rings. The second-order valence-electron chi connectivity index (χ2n) is 4.11. The molecular weight excluding hydrogens is 244 g/mol. The van der Waals surface area contributed by atoms with Crippen LogP contribution in [0.15, 0.2) is 51.7 Å². The van der Waals surface area contributed by atoms with Gasteiger partial charge in [0.05, 0.1) is 5.56 Å². The normalized spacial score (nSPS) is 13.5. The second-order valence-corrected chi connectivity index (χ2v) is 4.11. The SMILES string of the molecule is O=C1C=Cc2c(oc(-c3ccccc3)cc2=O)C1=O. The first-order valence-electron chi connectivity index (χ1n) is 5.67. The number of fused-ring (bicyclic) bond motifs is 1. The Hall–Kier alpha value is -2.75. The molecule has 1 heterocycles. The lowest BCUT2D eigenvalue weighted by atomic mass is 10.0. The fraction of sp³-hybridized carbons (Fsp3) is 0. The second kappa shape index (κ2) is 4.17. The third-order valence-corrected chi connectivity index (χ3v) is 2.87. The van der Waals surface area contributed by atoms with Gasteiger partial charge in [0, 0.05) is 11.6 Å². The molecule has 0 amide bonds. The highest BCUT2D eigenvalue weighted by Crippen LogP contribution is 2.22. The van der Waals surface area contributed by atoms with Gasteiger partial charge in [-0.15, -0.1) is 0 Å². The predicted molar refractivity (Wildman–Crippen MR) is 68.8 cm³/mol. The zero-order chi connectivity index (χ0) is 13.4. The molecule has 0 saturated heterocycles. The van der Waals surface area contributed by atoms with Gasteiger partial charge in [-0.2, -0.15) is 0 Å². The van der Waals surface area contributed by atoms with Crippen LogP contribution < -0.4 is 5.43 Å². The van der Waals surface area contributed by atoms with Crippen molar-refractivity contribution < 1.29 is 14.0 Å². The Balaban J connectivity index is 2.25. The van der Waals surface area contributed by atoms with Crippen LogP contribution in [0.2, 0.25) is 0 Å². The molecule has 0 saturated carbocycles. The molecule has 19 heavy (non-hydrogen) atoms. The Morgan fingerprint density at radius 2 is 1.63 bits per heavy atom. The van der Waals surface area contributed by atoms with E-state index in [-0.39, 0.29) is 22.5 Å². The summed E-state index contributed by atoms with van der Waals surface area (Å²) in [6, 6.07) is 10.3. The van der Waals surface area contributed by atoms with Crippen molar-refractivity contribution in [3.63, 3.8) is 0 Å². The van der Waals surface area contributed by atoms with E-state index in [1.165, 1.54) is 12.1 Å². The predicted octanol–water partition coefficient (Wildman–Crippen LogP) is 2.09. The van der Waals surface area contributed by atoms with E-state index in [0.29, 0.717) is 5.56 Å². The molecule has 2 aromatic rings. The Bertz CT molecular complexity index is 766. The van der Waals surface area contributed by atoms with Crippen molar-refractivity contribution in [3.8, 4) is 11.3 Å². The first kappa shape index (κ1) is 11.3. The van der Waals surface area contributed by atoms with Crippen LogP contribution in [0.3, 0.4) is 0 Å². The van der Waals surface area contributed by atoms with Crippen molar-refractivity contribution in [1.82, 2.24) is 0 Å². The van der Waals surface area contributed by atoms with Crippen LogP contribution in [0.5, 0.6) is 0 Å². The molecular formula is C15H8O4. The van der Waals surface area contributed by atoms with E-state index in [0.717, 1.165) is 6.08 Å². The standard InChI is InChI=1S/C15H8O4/c16-11-7-6-10-12(17)8-13(19-15(10)14(11)18)9-4-2-1-3-5-9/h1-8H. The van der Waals surface area contributed by atoms with Crippen molar-refractivity contribution in [2.45, 2.75) is 0 Å². The van der Waals surface area contributed by atoms with Gasteiger partial charge in [-0.3, -0.25) is 14.4 Å². The van der Waals surface area contributed by atoms with Gasteiger partial charge in [-0.1, -0.05) is 30.3 Å². The van der Waals surface area contributed by atoms with E-state index in [9.17, 15) is 14.4 Å². The Morgan fingerprint density at radius 3 is 2.37 bits per heavy atom. The maximum atomic E-state index is 11.9. The lowest BCUT2D eigenvalue weighted by Gasteiger charge is -2.08. The van der Waals surface area contributed by atoms with Gasteiger partial charge in [0.2, 0.25) is 5.78 Å². The maximum absolute atomic E-state index is 11.9. The van der Waals surface area contributed by atoms with E-state index in [4.69, 9.17) is 4.42 Å². The third-order valence-electron chi connectivity index (χ3n) is 2.87. The number of hydrogen-bond acceptors (Lipinski definition) is 4. The first-order chi connectivity index (χ1) is 9.16. The number of allylic oxidation sites excluding steroid dienone is 1. The number of carbonyl (C=O) groups is 2. The summed E-state index contributed by atoms with van der Waals surface area (Å²) in [5.41, 5.74) is 0.471. The molecule has 92 valence electrons. The van der Waals surface area contributed by atoms with Gasteiger partial charge in [0.1, 0.15) is 5.76 Å². The highest BCUT2D eigenvalue weighted by Gasteiger charge is 2.26. The molecule has 0 fully saturated rings. The van der Waals surface area contributed by atoms with Crippen LogP contribution in [0.1, 0.15) is 16.1 Å². The minimum absolute atomic E-state index is 0.129. The minimum Gasteiger partial charge on any atom is -0.452 e.